The van der Waals surface area contributed by atoms with Crippen LogP contribution in [0.2, 0.25) is 0 Å². The number of benzene rings is 1. The van der Waals surface area contributed by atoms with Gasteiger partial charge in [-0.1, -0.05) is 19.9 Å². The van der Waals surface area contributed by atoms with Gasteiger partial charge in [-0.25, -0.2) is 4.79 Å². The molecule has 1 aromatic carbocycles. The smallest absolute Gasteiger partial charge is 0.328 e. The molecule has 3 nitrogen and oxygen atoms in total. The van der Waals surface area contributed by atoms with Crippen LogP contribution in [0, 0.1) is 13.8 Å². The average Bonchev–Trinajstić information content (AvgIpc) is 2.34. The van der Waals surface area contributed by atoms with Crippen molar-refractivity contribution < 1.29 is 9.90 Å². The second-order valence-electron chi connectivity index (χ2n) is 5.44. The van der Waals surface area contributed by atoms with Crippen LogP contribution in [0.3, 0.4) is 0 Å². The fourth-order valence-electron chi connectivity index (χ4n) is 2.40. The van der Waals surface area contributed by atoms with Crippen LogP contribution in [0.25, 0.3) is 17.0 Å². The number of carboxylic acids is 1. The van der Waals surface area contributed by atoms with Crippen molar-refractivity contribution in [2.24, 2.45) is 0 Å². The van der Waals surface area contributed by atoms with Crippen molar-refractivity contribution in [2.75, 3.05) is 0 Å². The number of aromatic nitrogens is 1. The van der Waals surface area contributed by atoms with Gasteiger partial charge >= 0.3 is 5.97 Å². The minimum atomic E-state index is -0.939. The van der Waals surface area contributed by atoms with Crippen LogP contribution >= 0.6 is 0 Å². The number of carbonyl (C=O) groups is 1. The van der Waals surface area contributed by atoms with E-state index in [1.807, 2.05) is 26.0 Å². The third kappa shape index (κ3) is 2.87. The summed E-state index contributed by atoms with van der Waals surface area (Å²) in [5.74, 6) is -0.636. The van der Waals surface area contributed by atoms with Crippen LogP contribution in [0.1, 0.15) is 42.1 Å². The first-order valence-corrected chi connectivity index (χ1v) is 6.71. The topological polar surface area (TPSA) is 50.2 Å². The molecule has 0 aliphatic heterocycles. The van der Waals surface area contributed by atoms with E-state index in [0.717, 1.165) is 33.3 Å². The first-order valence-electron chi connectivity index (χ1n) is 6.71. The maximum atomic E-state index is 10.8. The zero-order valence-corrected chi connectivity index (χ0v) is 12.3. The van der Waals surface area contributed by atoms with Crippen molar-refractivity contribution in [3.05, 3.63) is 46.7 Å². The van der Waals surface area contributed by atoms with Gasteiger partial charge in [-0.05, 0) is 54.7 Å². The molecule has 1 N–H and O–H groups in total. The van der Waals surface area contributed by atoms with E-state index in [2.05, 4.69) is 19.9 Å². The number of aliphatic carboxylic acids is 1. The lowest BCUT2D eigenvalue weighted by atomic mass is 9.98. The Morgan fingerprint density at radius 1 is 1.25 bits per heavy atom. The molecule has 104 valence electrons. The summed E-state index contributed by atoms with van der Waals surface area (Å²) < 4.78 is 0. The summed E-state index contributed by atoms with van der Waals surface area (Å²) in [4.78, 5) is 15.5. The normalized spacial score (nSPS) is 11.7. The first-order chi connectivity index (χ1) is 9.38. The highest BCUT2D eigenvalue weighted by Crippen LogP contribution is 2.27. The highest BCUT2D eigenvalue weighted by atomic mass is 16.4. The molecule has 0 amide bonds. The standard InChI is InChI=1S/C17H19NO2/c1-10(2)14-9-13(5-6-16(19)20)17-12(4)7-11(3)8-15(17)18-14/h5-10H,1-4H3,(H,19,20)/b6-5+. The highest BCUT2D eigenvalue weighted by molar-refractivity contribution is 5.94. The minimum absolute atomic E-state index is 0.303. The molecule has 0 spiro atoms. The predicted octanol–water partition coefficient (Wildman–Crippen LogP) is 4.07. The van der Waals surface area contributed by atoms with E-state index in [9.17, 15) is 4.79 Å². The van der Waals surface area contributed by atoms with Crippen molar-refractivity contribution in [1.29, 1.82) is 0 Å². The van der Waals surface area contributed by atoms with Gasteiger partial charge in [0.25, 0.3) is 0 Å². The lowest BCUT2D eigenvalue weighted by molar-refractivity contribution is -0.131. The molecule has 3 heteroatoms. The van der Waals surface area contributed by atoms with E-state index in [4.69, 9.17) is 10.1 Å². The van der Waals surface area contributed by atoms with Gasteiger partial charge in [-0.15, -0.1) is 0 Å². The molecule has 0 saturated carbocycles. The molecule has 1 aromatic heterocycles. The molecule has 20 heavy (non-hydrogen) atoms. The number of carboxylic acid groups (broad SMARTS) is 1. The molecular weight excluding hydrogens is 250 g/mol. The molecule has 0 atom stereocenters. The van der Waals surface area contributed by atoms with Crippen LogP contribution in [0.5, 0.6) is 0 Å². The van der Waals surface area contributed by atoms with Crippen LogP contribution in [-0.4, -0.2) is 16.1 Å². The average molecular weight is 269 g/mol. The minimum Gasteiger partial charge on any atom is -0.478 e. The maximum Gasteiger partial charge on any atom is 0.328 e. The molecule has 2 rings (SSSR count). The van der Waals surface area contributed by atoms with Gasteiger partial charge < -0.3 is 5.11 Å². The number of hydrogen-bond donors (Lipinski definition) is 1. The van der Waals surface area contributed by atoms with E-state index < -0.39 is 5.97 Å². The number of rotatable bonds is 3. The van der Waals surface area contributed by atoms with Gasteiger partial charge in [-0.2, -0.15) is 0 Å². The predicted molar refractivity (Wildman–Crippen MR) is 82.0 cm³/mol. The second-order valence-corrected chi connectivity index (χ2v) is 5.44. The Hall–Kier alpha value is -2.16. The monoisotopic (exact) mass is 269 g/mol. The molecular formula is C17H19NO2. The van der Waals surface area contributed by atoms with Gasteiger partial charge in [0.05, 0.1) is 5.52 Å². The Balaban J connectivity index is 2.78. The Kier molecular flexibility index (Phi) is 3.89. The molecule has 0 unspecified atom stereocenters. The second kappa shape index (κ2) is 5.45. The Labute approximate surface area is 119 Å². The van der Waals surface area contributed by atoms with Crippen molar-refractivity contribution in [1.82, 2.24) is 4.98 Å². The van der Waals surface area contributed by atoms with E-state index in [0.29, 0.717) is 5.92 Å². The summed E-state index contributed by atoms with van der Waals surface area (Å²) in [7, 11) is 0. The first kappa shape index (κ1) is 14.3. The summed E-state index contributed by atoms with van der Waals surface area (Å²) >= 11 is 0. The van der Waals surface area contributed by atoms with Crippen molar-refractivity contribution in [2.45, 2.75) is 33.6 Å². The van der Waals surface area contributed by atoms with E-state index in [1.165, 1.54) is 6.08 Å². The van der Waals surface area contributed by atoms with Gasteiger partial charge in [-0.3, -0.25) is 4.98 Å². The molecule has 0 saturated heterocycles. The fraction of sp³-hybridized carbons (Fsp3) is 0.294. The lowest BCUT2D eigenvalue weighted by Gasteiger charge is -2.12. The molecule has 0 radical (unpaired) electrons. The molecule has 2 aromatic rings. The van der Waals surface area contributed by atoms with E-state index in [-0.39, 0.29) is 0 Å². The molecule has 0 bridgehead atoms. The SMILES string of the molecule is Cc1cc(C)c2c(/C=C/C(=O)O)cc(C(C)C)nc2c1. The van der Waals surface area contributed by atoms with Crippen molar-refractivity contribution in [3.8, 4) is 0 Å². The fourth-order valence-corrected chi connectivity index (χ4v) is 2.40. The van der Waals surface area contributed by atoms with Gasteiger partial charge in [0, 0.05) is 17.2 Å². The Morgan fingerprint density at radius 2 is 1.95 bits per heavy atom. The zero-order chi connectivity index (χ0) is 14.9. The van der Waals surface area contributed by atoms with Crippen molar-refractivity contribution in [3.63, 3.8) is 0 Å². The maximum absolute atomic E-state index is 10.8. The molecule has 1 heterocycles. The van der Waals surface area contributed by atoms with Gasteiger partial charge in [0.1, 0.15) is 0 Å². The summed E-state index contributed by atoms with van der Waals surface area (Å²) in [6.07, 6.45) is 2.83. The Bertz CT molecular complexity index is 700. The van der Waals surface area contributed by atoms with Gasteiger partial charge in [0.15, 0.2) is 0 Å². The lowest BCUT2D eigenvalue weighted by Crippen LogP contribution is -1.97. The van der Waals surface area contributed by atoms with E-state index >= 15 is 0 Å². The third-order valence-corrected chi connectivity index (χ3v) is 3.30. The number of hydrogen-bond acceptors (Lipinski definition) is 2. The molecule has 0 aliphatic carbocycles. The summed E-state index contributed by atoms with van der Waals surface area (Å²) in [6, 6.07) is 6.12. The van der Waals surface area contributed by atoms with Crippen LogP contribution in [-0.2, 0) is 4.79 Å². The van der Waals surface area contributed by atoms with Crippen LogP contribution in [0.4, 0.5) is 0 Å². The third-order valence-electron chi connectivity index (χ3n) is 3.30. The number of aryl methyl sites for hydroxylation is 2. The summed E-state index contributed by atoms with van der Waals surface area (Å²) in [6.45, 7) is 8.25. The summed E-state index contributed by atoms with van der Waals surface area (Å²) in [5, 5.41) is 9.86. The summed E-state index contributed by atoms with van der Waals surface area (Å²) in [5.41, 5.74) is 5.11. The number of nitrogens with zero attached hydrogens (tertiary/aromatic N) is 1. The van der Waals surface area contributed by atoms with E-state index in [1.54, 1.807) is 6.08 Å². The zero-order valence-electron chi connectivity index (χ0n) is 12.3. The number of fused-ring (bicyclic) bond motifs is 1. The Morgan fingerprint density at radius 3 is 2.55 bits per heavy atom. The largest absolute Gasteiger partial charge is 0.478 e. The number of pyridine rings is 1. The highest BCUT2D eigenvalue weighted by Gasteiger charge is 2.10. The van der Waals surface area contributed by atoms with Crippen molar-refractivity contribution >= 4 is 22.9 Å². The van der Waals surface area contributed by atoms with Crippen LogP contribution < -0.4 is 0 Å². The quantitative estimate of drug-likeness (QED) is 0.854. The molecule has 0 fully saturated rings. The van der Waals surface area contributed by atoms with Crippen LogP contribution in [0.15, 0.2) is 24.3 Å². The molecule has 0 aliphatic rings. The van der Waals surface area contributed by atoms with Gasteiger partial charge in [0.2, 0.25) is 0 Å².